The van der Waals surface area contributed by atoms with E-state index in [9.17, 15) is 0 Å². The van der Waals surface area contributed by atoms with Crippen LogP contribution >= 0.6 is 0 Å². The van der Waals surface area contributed by atoms with Crippen LogP contribution in [0.4, 0.5) is 5.69 Å². The fraction of sp³-hybridized carbons (Fsp3) is 0.650. The summed E-state index contributed by atoms with van der Waals surface area (Å²) >= 11 is 0. The predicted molar refractivity (Wildman–Crippen MR) is 108 cm³/mol. The molecule has 1 fully saturated rings. The van der Waals surface area contributed by atoms with Crippen LogP contribution in [0.2, 0.25) is 0 Å². The summed E-state index contributed by atoms with van der Waals surface area (Å²) in [4.78, 5) is 4.01. The van der Waals surface area contributed by atoms with Gasteiger partial charge in [-0.05, 0) is 40.6 Å². The third-order valence-electron chi connectivity index (χ3n) is 5.42. The van der Waals surface area contributed by atoms with Gasteiger partial charge in [0.25, 0.3) is 0 Å². The first-order chi connectivity index (χ1) is 13.6. The van der Waals surface area contributed by atoms with E-state index in [1.807, 2.05) is 16.8 Å². The van der Waals surface area contributed by atoms with E-state index in [2.05, 4.69) is 46.4 Å². The summed E-state index contributed by atoms with van der Waals surface area (Å²) in [6.07, 6.45) is 1.07. The van der Waals surface area contributed by atoms with Crippen molar-refractivity contribution in [1.82, 2.24) is 20.2 Å². The topological polar surface area (TPSA) is 69.7 Å². The van der Waals surface area contributed by atoms with E-state index >= 15 is 0 Å². The molecule has 0 aliphatic carbocycles. The number of quaternary nitrogens is 1. The summed E-state index contributed by atoms with van der Waals surface area (Å²) in [7, 11) is 3.41. The first-order valence-electron chi connectivity index (χ1n) is 10.1. The lowest BCUT2D eigenvalue weighted by Gasteiger charge is -2.37. The molecule has 0 bridgehead atoms. The molecule has 0 radical (unpaired) electrons. The van der Waals surface area contributed by atoms with E-state index in [-0.39, 0.29) is 0 Å². The Kier molecular flexibility index (Phi) is 7.22. The molecule has 1 aliphatic rings. The number of piperazine rings is 1. The molecule has 8 nitrogen and oxygen atoms in total. The maximum atomic E-state index is 5.27. The number of nitrogens with one attached hydrogen (secondary N) is 1. The zero-order chi connectivity index (χ0) is 19.9. The monoisotopic (exact) mass is 389 g/mol. The number of tetrazole rings is 1. The van der Waals surface area contributed by atoms with Crippen LogP contribution in [0.25, 0.3) is 0 Å². The van der Waals surface area contributed by atoms with E-state index in [1.54, 1.807) is 19.1 Å². The van der Waals surface area contributed by atoms with Crippen LogP contribution in [0.5, 0.6) is 5.75 Å². The molecule has 154 valence electrons. The number of rotatable bonds is 9. The molecular formula is C20H33N6O2+. The molecule has 1 aliphatic heterocycles. The molecular weight excluding hydrogens is 356 g/mol. The van der Waals surface area contributed by atoms with Crippen LogP contribution in [0.15, 0.2) is 24.3 Å². The van der Waals surface area contributed by atoms with Gasteiger partial charge in [0.2, 0.25) is 5.82 Å². The highest BCUT2D eigenvalue weighted by atomic mass is 16.5. The van der Waals surface area contributed by atoms with Crippen LogP contribution in [0.3, 0.4) is 0 Å². The van der Waals surface area contributed by atoms with Crippen LogP contribution in [0.1, 0.15) is 32.1 Å². The van der Waals surface area contributed by atoms with Gasteiger partial charge in [0.15, 0.2) is 0 Å². The van der Waals surface area contributed by atoms with E-state index < -0.39 is 0 Å². The van der Waals surface area contributed by atoms with Crippen molar-refractivity contribution in [1.29, 1.82) is 0 Å². The molecule has 0 amide bonds. The molecule has 3 rings (SSSR count). The molecule has 2 heterocycles. The van der Waals surface area contributed by atoms with Gasteiger partial charge in [-0.3, -0.25) is 0 Å². The normalized spacial score (nSPS) is 16.5. The Labute approximate surface area is 167 Å². The summed E-state index contributed by atoms with van der Waals surface area (Å²) in [5, 5.41) is 12.5. The standard InChI is InChI=1S/C20H32N6O2/c1-16(2)15-19(20-21-22-23-26(20)13-14-27-3)25-11-9-24(10-12-25)17-5-7-18(28-4)8-6-17/h5-8,16,19H,9-15H2,1-4H3/p+1/t19-/m0/s1. The average molecular weight is 390 g/mol. The maximum absolute atomic E-state index is 5.27. The molecule has 1 saturated heterocycles. The Balaban J connectivity index is 1.68. The van der Waals surface area contributed by atoms with Gasteiger partial charge in [0, 0.05) is 19.2 Å². The van der Waals surface area contributed by atoms with E-state index in [1.165, 1.54) is 5.69 Å². The Morgan fingerprint density at radius 2 is 1.82 bits per heavy atom. The van der Waals surface area contributed by atoms with Crippen LogP contribution in [0, 0.1) is 5.92 Å². The molecule has 0 spiro atoms. The molecule has 1 atom stereocenters. The minimum absolute atomic E-state index is 0.310. The summed E-state index contributed by atoms with van der Waals surface area (Å²) < 4.78 is 12.4. The smallest absolute Gasteiger partial charge is 0.209 e. The fourth-order valence-corrected chi connectivity index (χ4v) is 3.92. The third kappa shape index (κ3) is 4.99. The molecule has 8 heteroatoms. The molecule has 1 aromatic carbocycles. The first kappa shape index (κ1) is 20.5. The van der Waals surface area contributed by atoms with Crippen LogP contribution in [-0.2, 0) is 11.3 Å². The lowest BCUT2D eigenvalue weighted by molar-refractivity contribution is -0.934. The highest BCUT2D eigenvalue weighted by molar-refractivity contribution is 5.49. The molecule has 0 saturated carbocycles. The summed E-state index contributed by atoms with van der Waals surface area (Å²) in [6.45, 7) is 10.0. The highest BCUT2D eigenvalue weighted by Crippen LogP contribution is 2.20. The lowest BCUT2D eigenvalue weighted by atomic mass is 10.0. The van der Waals surface area contributed by atoms with Crippen LogP contribution in [-0.4, -0.2) is 67.2 Å². The zero-order valence-electron chi connectivity index (χ0n) is 17.5. The average Bonchev–Trinajstić information content (AvgIpc) is 3.19. The fourth-order valence-electron chi connectivity index (χ4n) is 3.92. The second-order valence-electron chi connectivity index (χ2n) is 7.78. The summed E-state index contributed by atoms with van der Waals surface area (Å²) in [5.74, 6) is 2.47. The second-order valence-corrected chi connectivity index (χ2v) is 7.78. The van der Waals surface area contributed by atoms with Crippen molar-refractivity contribution in [2.75, 3.05) is 51.9 Å². The van der Waals surface area contributed by atoms with E-state index in [0.29, 0.717) is 25.1 Å². The zero-order valence-corrected chi connectivity index (χ0v) is 17.5. The maximum Gasteiger partial charge on any atom is 0.209 e. The Morgan fingerprint density at radius 1 is 1.11 bits per heavy atom. The molecule has 0 unspecified atom stereocenters. The van der Waals surface area contributed by atoms with Gasteiger partial charge >= 0.3 is 0 Å². The van der Waals surface area contributed by atoms with Crippen molar-refractivity contribution in [2.45, 2.75) is 32.9 Å². The van der Waals surface area contributed by atoms with E-state index in [4.69, 9.17) is 9.47 Å². The number of benzene rings is 1. The van der Waals surface area contributed by atoms with Gasteiger partial charge in [0.05, 0.1) is 46.4 Å². The van der Waals surface area contributed by atoms with Crippen molar-refractivity contribution in [3.63, 3.8) is 0 Å². The Morgan fingerprint density at radius 3 is 2.43 bits per heavy atom. The van der Waals surface area contributed by atoms with Crippen molar-refractivity contribution in [2.24, 2.45) is 5.92 Å². The van der Waals surface area contributed by atoms with Crippen molar-refractivity contribution in [3.05, 3.63) is 30.1 Å². The number of hydrogen-bond acceptors (Lipinski definition) is 6. The minimum atomic E-state index is 0.310. The molecule has 1 aromatic heterocycles. The predicted octanol–water partition coefficient (Wildman–Crippen LogP) is 0.820. The SMILES string of the molecule is COCCn1nnnc1[C@H](CC(C)C)[NH+]1CCN(c2ccc(OC)cc2)CC1. The number of aromatic nitrogens is 4. The molecule has 1 N–H and O–H groups in total. The largest absolute Gasteiger partial charge is 0.497 e. The number of ether oxygens (including phenoxy) is 2. The van der Waals surface area contributed by atoms with Crippen molar-refractivity contribution in [3.8, 4) is 5.75 Å². The quantitative estimate of drug-likeness (QED) is 0.685. The van der Waals surface area contributed by atoms with Gasteiger partial charge in [-0.25, -0.2) is 4.68 Å². The number of anilines is 1. The van der Waals surface area contributed by atoms with Crippen LogP contribution < -0.4 is 14.5 Å². The summed E-state index contributed by atoms with van der Waals surface area (Å²) in [6, 6.07) is 8.64. The lowest BCUT2D eigenvalue weighted by Crippen LogP contribution is -3.15. The number of methoxy groups -OCH3 is 2. The number of hydrogen-bond donors (Lipinski definition) is 1. The third-order valence-corrected chi connectivity index (χ3v) is 5.42. The van der Waals surface area contributed by atoms with Gasteiger partial charge in [-0.2, -0.15) is 0 Å². The Bertz CT molecular complexity index is 710. The van der Waals surface area contributed by atoms with Gasteiger partial charge in [0.1, 0.15) is 11.8 Å². The second kappa shape index (κ2) is 9.84. The van der Waals surface area contributed by atoms with E-state index in [0.717, 1.165) is 44.2 Å². The van der Waals surface area contributed by atoms with Gasteiger partial charge < -0.3 is 19.3 Å². The van der Waals surface area contributed by atoms with Gasteiger partial charge in [-0.15, -0.1) is 5.10 Å². The minimum Gasteiger partial charge on any atom is -0.497 e. The number of nitrogens with zero attached hydrogens (tertiary/aromatic N) is 5. The van der Waals surface area contributed by atoms with Crippen molar-refractivity contribution >= 4 is 5.69 Å². The Hall–Kier alpha value is -2.19. The van der Waals surface area contributed by atoms with Crippen molar-refractivity contribution < 1.29 is 14.4 Å². The first-order valence-corrected chi connectivity index (χ1v) is 10.1. The highest BCUT2D eigenvalue weighted by Gasteiger charge is 2.33. The molecule has 28 heavy (non-hydrogen) atoms. The molecule has 2 aromatic rings. The summed E-state index contributed by atoms with van der Waals surface area (Å²) in [5.41, 5.74) is 1.25. The van der Waals surface area contributed by atoms with Gasteiger partial charge in [-0.1, -0.05) is 13.8 Å².